The largest absolute Gasteiger partial charge is 0.484 e. The highest BCUT2D eigenvalue weighted by molar-refractivity contribution is 5.94. The van der Waals surface area contributed by atoms with Crippen LogP contribution in [0.25, 0.3) is 10.9 Å². The van der Waals surface area contributed by atoms with Crippen molar-refractivity contribution in [1.29, 1.82) is 0 Å². The molecule has 5 nitrogen and oxygen atoms in total. The monoisotopic (exact) mass is 307 g/mol. The normalized spacial score (nSPS) is 13.0. The van der Waals surface area contributed by atoms with Gasteiger partial charge in [-0.2, -0.15) is 5.10 Å². The van der Waals surface area contributed by atoms with E-state index in [0.717, 1.165) is 35.2 Å². The number of nitrogens with zero attached hydrogens (tertiary/aromatic N) is 1. The quantitative estimate of drug-likeness (QED) is 0.778. The number of hydrogen-bond donors (Lipinski definition) is 2. The molecule has 1 aliphatic carbocycles. The molecule has 5 heteroatoms. The summed E-state index contributed by atoms with van der Waals surface area (Å²) in [5, 5.41) is 10.6. The molecular formula is C18H17N3O2. The maximum absolute atomic E-state index is 12.0. The van der Waals surface area contributed by atoms with Gasteiger partial charge in [-0.15, -0.1) is 0 Å². The van der Waals surface area contributed by atoms with Crippen LogP contribution in [0.15, 0.2) is 42.6 Å². The molecule has 1 amide bonds. The van der Waals surface area contributed by atoms with Crippen LogP contribution in [0.2, 0.25) is 0 Å². The summed E-state index contributed by atoms with van der Waals surface area (Å²) in [6.07, 6.45) is 5.18. The Morgan fingerprint density at radius 2 is 2.09 bits per heavy atom. The molecule has 0 saturated carbocycles. The molecular weight excluding hydrogens is 290 g/mol. The molecule has 0 aliphatic heterocycles. The van der Waals surface area contributed by atoms with Crippen molar-refractivity contribution in [2.24, 2.45) is 0 Å². The van der Waals surface area contributed by atoms with Crippen LogP contribution in [0.3, 0.4) is 0 Å². The van der Waals surface area contributed by atoms with Crippen LogP contribution in [0, 0.1) is 0 Å². The Balaban J connectivity index is 1.38. The summed E-state index contributed by atoms with van der Waals surface area (Å²) in [5.74, 6) is 0.583. The van der Waals surface area contributed by atoms with Crippen molar-refractivity contribution in [2.75, 3.05) is 11.9 Å². The summed E-state index contributed by atoms with van der Waals surface area (Å²) in [7, 11) is 0. The van der Waals surface area contributed by atoms with E-state index in [1.165, 1.54) is 17.5 Å². The number of benzene rings is 2. The van der Waals surface area contributed by atoms with Crippen molar-refractivity contribution < 1.29 is 9.53 Å². The molecule has 2 aromatic carbocycles. The van der Waals surface area contributed by atoms with Gasteiger partial charge in [0.05, 0.1) is 11.7 Å². The Bertz CT molecular complexity index is 870. The van der Waals surface area contributed by atoms with E-state index >= 15 is 0 Å². The van der Waals surface area contributed by atoms with E-state index in [1.54, 1.807) is 6.20 Å². The lowest BCUT2D eigenvalue weighted by molar-refractivity contribution is -0.118. The Labute approximate surface area is 133 Å². The van der Waals surface area contributed by atoms with Gasteiger partial charge in [0.1, 0.15) is 5.75 Å². The first-order valence-electron chi connectivity index (χ1n) is 7.75. The fourth-order valence-corrected chi connectivity index (χ4v) is 3.00. The second-order valence-corrected chi connectivity index (χ2v) is 5.79. The zero-order valence-corrected chi connectivity index (χ0v) is 12.6. The number of amides is 1. The Kier molecular flexibility index (Phi) is 3.46. The minimum absolute atomic E-state index is 0.00219. The minimum Gasteiger partial charge on any atom is -0.484 e. The van der Waals surface area contributed by atoms with Gasteiger partial charge in [0.25, 0.3) is 5.91 Å². The predicted octanol–water partition coefficient (Wildman–Crippen LogP) is 3.07. The van der Waals surface area contributed by atoms with Gasteiger partial charge in [-0.25, -0.2) is 0 Å². The summed E-state index contributed by atoms with van der Waals surface area (Å²) in [6.45, 7) is 0.00219. The number of aromatic amines is 1. The first-order chi connectivity index (χ1) is 11.3. The highest BCUT2D eigenvalue weighted by atomic mass is 16.5. The van der Waals surface area contributed by atoms with Crippen molar-refractivity contribution in [2.45, 2.75) is 19.3 Å². The van der Waals surface area contributed by atoms with E-state index in [-0.39, 0.29) is 12.5 Å². The molecule has 2 N–H and O–H groups in total. The van der Waals surface area contributed by atoms with Gasteiger partial charge in [0.15, 0.2) is 6.61 Å². The van der Waals surface area contributed by atoms with Crippen molar-refractivity contribution in [3.63, 3.8) is 0 Å². The molecule has 1 aromatic heterocycles. The van der Waals surface area contributed by atoms with E-state index in [2.05, 4.69) is 21.6 Å². The summed E-state index contributed by atoms with van der Waals surface area (Å²) in [4.78, 5) is 12.0. The topological polar surface area (TPSA) is 67.0 Å². The lowest BCUT2D eigenvalue weighted by atomic mass is 10.1. The minimum atomic E-state index is -0.173. The fraction of sp³-hybridized carbons (Fsp3) is 0.222. The molecule has 0 fully saturated rings. The number of aryl methyl sites for hydroxylation is 2. The first kappa shape index (κ1) is 13.8. The number of rotatable bonds is 4. The van der Waals surface area contributed by atoms with E-state index in [0.29, 0.717) is 0 Å². The number of hydrogen-bond acceptors (Lipinski definition) is 3. The SMILES string of the molecule is O=C(COc1ccc2c(c1)CCC2)Nc1ccc2[nH]ncc2c1. The molecule has 0 saturated heterocycles. The standard InChI is InChI=1S/C18H17N3O2/c22-18(20-15-5-7-17-14(8-15)10-19-21-17)11-23-16-6-4-12-2-1-3-13(12)9-16/h4-10H,1-3,11H2,(H,19,21)(H,20,22). The van der Waals surface area contributed by atoms with Crippen molar-refractivity contribution >= 4 is 22.5 Å². The Hall–Kier alpha value is -2.82. The van der Waals surface area contributed by atoms with Crippen LogP contribution in [0.5, 0.6) is 5.75 Å². The number of H-pyrrole nitrogens is 1. The van der Waals surface area contributed by atoms with Crippen molar-refractivity contribution in [1.82, 2.24) is 10.2 Å². The summed E-state index contributed by atoms with van der Waals surface area (Å²) < 4.78 is 5.61. The van der Waals surface area contributed by atoms with Crippen LogP contribution in [-0.4, -0.2) is 22.7 Å². The second kappa shape index (κ2) is 5.76. The third-order valence-electron chi connectivity index (χ3n) is 4.16. The molecule has 0 atom stereocenters. The average Bonchev–Trinajstić information content (AvgIpc) is 3.20. The van der Waals surface area contributed by atoms with E-state index in [1.807, 2.05) is 30.3 Å². The lowest BCUT2D eigenvalue weighted by Gasteiger charge is -2.09. The maximum Gasteiger partial charge on any atom is 0.262 e. The average molecular weight is 307 g/mol. The van der Waals surface area contributed by atoms with Crippen LogP contribution in [0.4, 0.5) is 5.69 Å². The highest BCUT2D eigenvalue weighted by Crippen LogP contribution is 2.26. The van der Waals surface area contributed by atoms with Crippen molar-refractivity contribution in [3.8, 4) is 5.75 Å². The molecule has 0 spiro atoms. The van der Waals surface area contributed by atoms with E-state index < -0.39 is 0 Å². The molecule has 4 rings (SSSR count). The molecule has 0 radical (unpaired) electrons. The summed E-state index contributed by atoms with van der Waals surface area (Å²) >= 11 is 0. The fourth-order valence-electron chi connectivity index (χ4n) is 3.00. The zero-order valence-electron chi connectivity index (χ0n) is 12.6. The number of ether oxygens (including phenoxy) is 1. The number of carbonyl (C=O) groups excluding carboxylic acids is 1. The second-order valence-electron chi connectivity index (χ2n) is 5.79. The van der Waals surface area contributed by atoms with E-state index in [9.17, 15) is 4.79 Å². The van der Waals surface area contributed by atoms with Gasteiger partial charge in [-0.3, -0.25) is 9.89 Å². The number of aromatic nitrogens is 2. The highest BCUT2D eigenvalue weighted by Gasteiger charge is 2.12. The molecule has 1 heterocycles. The first-order valence-corrected chi connectivity index (χ1v) is 7.75. The van der Waals surface area contributed by atoms with Gasteiger partial charge in [-0.1, -0.05) is 6.07 Å². The zero-order chi connectivity index (χ0) is 15.6. The molecule has 3 aromatic rings. The molecule has 0 unspecified atom stereocenters. The molecule has 1 aliphatic rings. The molecule has 0 bridgehead atoms. The Morgan fingerprint density at radius 1 is 1.17 bits per heavy atom. The van der Waals surface area contributed by atoms with E-state index in [4.69, 9.17) is 4.74 Å². The third kappa shape index (κ3) is 2.90. The molecule has 116 valence electrons. The number of nitrogens with one attached hydrogen (secondary N) is 2. The van der Waals surface area contributed by atoms with Gasteiger partial charge in [-0.05, 0) is 60.7 Å². The molecule has 23 heavy (non-hydrogen) atoms. The smallest absolute Gasteiger partial charge is 0.262 e. The van der Waals surface area contributed by atoms with Crippen molar-refractivity contribution in [3.05, 3.63) is 53.7 Å². The van der Waals surface area contributed by atoms with Crippen LogP contribution in [-0.2, 0) is 17.6 Å². The maximum atomic E-state index is 12.0. The van der Waals surface area contributed by atoms with Gasteiger partial charge in [0, 0.05) is 11.1 Å². The van der Waals surface area contributed by atoms with Gasteiger partial charge < -0.3 is 10.1 Å². The Morgan fingerprint density at radius 3 is 3.04 bits per heavy atom. The van der Waals surface area contributed by atoms with Crippen LogP contribution in [0.1, 0.15) is 17.5 Å². The van der Waals surface area contributed by atoms with Crippen LogP contribution >= 0.6 is 0 Å². The van der Waals surface area contributed by atoms with Gasteiger partial charge in [0.2, 0.25) is 0 Å². The van der Waals surface area contributed by atoms with Crippen LogP contribution < -0.4 is 10.1 Å². The number of carbonyl (C=O) groups is 1. The predicted molar refractivity (Wildman–Crippen MR) is 88.7 cm³/mol. The summed E-state index contributed by atoms with van der Waals surface area (Å²) in [5.41, 5.74) is 4.42. The van der Waals surface area contributed by atoms with Gasteiger partial charge >= 0.3 is 0 Å². The number of anilines is 1. The summed E-state index contributed by atoms with van der Waals surface area (Å²) in [6, 6.07) is 11.7. The lowest BCUT2D eigenvalue weighted by Crippen LogP contribution is -2.20. The number of fused-ring (bicyclic) bond motifs is 2. The third-order valence-corrected chi connectivity index (χ3v) is 4.16.